The molecule has 1 saturated carbocycles. The van der Waals surface area contributed by atoms with E-state index in [1.165, 1.54) is 5.56 Å². The highest BCUT2D eigenvalue weighted by molar-refractivity contribution is 5.89. The molecule has 1 aromatic rings. The van der Waals surface area contributed by atoms with E-state index in [1.807, 2.05) is 0 Å². The second-order valence-electron chi connectivity index (χ2n) is 4.34. The maximum atomic E-state index is 11.6. The van der Waals surface area contributed by atoms with Crippen LogP contribution in [0.4, 0.5) is 0 Å². The Balaban J connectivity index is 2.04. The van der Waals surface area contributed by atoms with E-state index in [9.17, 15) is 4.79 Å². The topological polar surface area (TPSA) is 26.3 Å². The molecule has 0 aromatic heterocycles. The summed E-state index contributed by atoms with van der Waals surface area (Å²) in [5, 5.41) is 0. The van der Waals surface area contributed by atoms with Gasteiger partial charge in [-0.25, -0.2) is 0 Å². The van der Waals surface area contributed by atoms with Crippen molar-refractivity contribution in [3.8, 4) is 0 Å². The second kappa shape index (κ2) is 2.38. The standard InChI is InChI=1S/C12H12O2/c1-8-2-4-9(5-3-8)12-6-10(12)7-14-11(12)13/h2-5,10H,6-7H2,1H3. The molecular weight excluding hydrogens is 176 g/mol. The molecule has 1 aliphatic carbocycles. The first-order valence-corrected chi connectivity index (χ1v) is 4.98. The van der Waals surface area contributed by atoms with E-state index in [-0.39, 0.29) is 11.4 Å². The molecule has 0 spiro atoms. The third kappa shape index (κ3) is 0.834. The normalized spacial score (nSPS) is 33.8. The van der Waals surface area contributed by atoms with E-state index >= 15 is 0 Å². The van der Waals surface area contributed by atoms with Crippen LogP contribution < -0.4 is 0 Å². The highest BCUT2D eigenvalue weighted by Crippen LogP contribution is 2.58. The van der Waals surface area contributed by atoms with Crippen LogP contribution in [0.1, 0.15) is 17.5 Å². The number of carbonyl (C=O) groups excluding carboxylic acids is 1. The summed E-state index contributed by atoms with van der Waals surface area (Å²) in [6.45, 7) is 2.67. The van der Waals surface area contributed by atoms with Gasteiger partial charge >= 0.3 is 5.97 Å². The van der Waals surface area contributed by atoms with Gasteiger partial charge in [-0.1, -0.05) is 29.8 Å². The number of ether oxygens (including phenoxy) is 1. The average Bonchev–Trinajstić information content (AvgIpc) is 2.84. The Morgan fingerprint density at radius 2 is 2.07 bits per heavy atom. The monoisotopic (exact) mass is 188 g/mol. The van der Waals surface area contributed by atoms with E-state index in [0.29, 0.717) is 12.5 Å². The highest BCUT2D eigenvalue weighted by Gasteiger charge is 2.66. The zero-order chi connectivity index (χ0) is 9.76. The van der Waals surface area contributed by atoms with Gasteiger partial charge in [0.05, 0.1) is 12.0 Å². The van der Waals surface area contributed by atoms with Crippen molar-refractivity contribution < 1.29 is 9.53 Å². The molecule has 2 aliphatic rings. The number of hydrogen-bond donors (Lipinski definition) is 0. The summed E-state index contributed by atoms with van der Waals surface area (Å²) in [6.07, 6.45) is 0.981. The van der Waals surface area contributed by atoms with Gasteiger partial charge in [0, 0.05) is 5.92 Å². The lowest BCUT2D eigenvalue weighted by Crippen LogP contribution is -2.18. The zero-order valence-electron chi connectivity index (χ0n) is 8.12. The first-order chi connectivity index (χ1) is 6.73. The molecule has 2 heteroatoms. The van der Waals surface area contributed by atoms with Crippen molar-refractivity contribution in [1.82, 2.24) is 0 Å². The van der Waals surface area contributed by atoms with Crippen LogP contribution >= 0.6 is 0 Å². The van der Waals surface area contributed by atoms with E-state index in [1.54, 1.807) is 0 Å². The lowest BCUT2D eigenvalue weighted by molar-refractivity contribution is -0.142. The molecular formula is C12H12O2. The average molecular weight is 188 g/mol. The third-order valence-corrected chi connectivity index (χ3v) is 3.45. The fraction of sp³-hybridized carbons (Fsp3) is 0.417. The number of aryl methyl sites for hydroxylation is 1. The number of esters is 1. The van der Waals surface area contributed by atoms with Crippen LogP contribution in [0, 0.1) is 12.8 Å². The molecule has 72 valence electrons. The minimum atomic E-state index is -0.256. The van der Waals surface area contributed by atoms with Crippen molar-refractivity contribution in [2.24, 2.45) is 5.92 Å². The van der Waals surface area contributed by atoms with Crippen LogP contribution in [-0.4, -0.2) is 12.6 Å². The number of rotatable bonds is 1. The molecule has 3 rings (SSSR count). The molecule has 2 unspecified atom stereocenters. The van der Waals surface area contributed by atoms with Crippen LogP contribution in [0.2, 0.25) is 0 Å². The quantitative estimate of drug-likeness (QED) is 0.628. The fourth-order valence-corrected chi connectivity index (χ4v) is 2.41. The molecule has 14 heavy (non-hydrogen) atoms. The third-order valence-electron chi connectivity index (χ3n) is 3.45. The second-order valence-corrected chi connectivity index (χ2v) is 4.34. The Kier molecular flexibility index (Phi) is 1.37. The Bertz CT molecular complexity index is 393. The fourth-order valence-electron chi connectivity index (χ4n) is 2.41. The van der Waals surface area contributed by atoms with Crippen LogP contribution in [-0.2, 0) is 14.9 Å². The Hall–Kier alpha value is -1.31. The molecule has 2 fully saturated rings. The predicted molar refractivity (Wildman–Crippen MR) is 51.9 cm³/mol. The van der Waals surface area contributed by atoms with Crippen molar-refractivity contribution in [2.45, 2.75) is 18.8 Å². The SMILES string of the molecule is Cc1ccc(C23CC2COC3=O)cc1. The lowest BCUT2D eigenvalue weighted by Gasteiger charge is -2.09. The zero-order valence-corrected chi connectivity index (χ0v) is 8.12. The number of fused-ring (bicyclic) bond motifs is 1. The summed E-state index contributed by atoms with van der Waals surface area (Å²) in [7, 11) is 0. The van der Waals surface area contributed by atoms with Gasteiger partial charge in [0.25, 0.3) is 0 Å². The van der Waals surface area contributed by atoms with Crippen LogP contribution in [0.5, 0.6) is 0 Å². The smallest absolute Gasteiger partial charge is 0.317 e. The van der Waals surface area contributed by atoms with Gasteiger partial charge in [-0.2, -0.15) is 0 Å². The first kappa shape index (κ1) is 8.04. The highest BCUT2D eigenvalue weighted by atomic mass is 16.5. The molecule has 0 amide bonds. The van der Waals surface area contributed by atoms with Gasteiger partial charge in [-0.05, 0) is 18.9 Å². The van der Waals surface area contributed by atoms with Gasteiger partial charge in [0.2, 0.25) is 0 Å². The van der Waals surface area contributed by atoms with Crippen molar-refractivity contribution in [3.63, 3.8) is 0 Å². The minimum Gasteiger partial charge on any atom is -0.465 e. The summed E-state index contributed by atoms with van der Waals surface area (Å²) >= 11 is 0. The number of carbonyl (C=O) groups is 1. The summed E-state index contributed by atoms with van der Waals surface area (Å²) in [5.41, 5.74) is 2.11. The van der Waals surface area contributed by atoms with Gasteiger partial charge in [0.1, 0.15) is 0 Å². The van der Waals surface area contributed by atoms with Gasteiger partial charge in [-0.15, -0.1) is 0 Å². The predicted octanol–water partition coefficient (Wildman–Crippen LogP) is 1.81. The van der Waals surface area contributed by atoms with Crippen molar-refractivity contribution in [3.05, 3.63) is 35.4 Å². The van der Waals surface area contributed by atoms with E-state index in [0.717, 1.165) is 12.0 Å². The van der Waals surface area contributed by atoms with E-state index < -0.39 is 0 Å². The van der Waals surface area contributed by atoms with E-state index in [4.69, 9.17) is 4.74 Å². The van der Waals surface area contributed by atoms with Crippen LogP contribution in [0.15, 0.2) is 24.3 Å². The molecule has 1 aliphatic heterocycles. The van der Waals surface area contributed by atoms with Crippen molar-refractivity contribution in [1.29, 1.82) is 0 Å². The van der Waals surface area contributed by atoms with Gasteiger partial charge < -0.3 is 4.74 Å². The molecule has 0 bridgehead atoms. The largest absolute Gasteiger partial charge is 0.465 e. The van der Waals surface area contributed by atoms with Crippen LogP contribution in [0.3, 0.4) is 0 Å². The molecule has 2 nitrogen and oxygen atoms in total. The molecule has 2 atom stereocenters. The Morgan fingerprint density at radius 1 is 1.36 bits per heavy atom. The van der Waals surface area contributed by atoms with Crippen molar-refractivity contribution >= 4 is 5.97 Å². The van der Waals surface area contributed by atoms with Gasteiger partial charge in [0.15, 0.2) is 0 Å². The molecule has 0 radical (unpaired) electrons. The number of cyclic esters (lactones) is 1. The minimum absolute atomic E-state index is 0.0219. The number of benzene rings is 1. The van der Waals surface area contributed by atoms with Crippen molar-refractivity contribution in [2.75, 3.05) is 6.61 Å². The van der Waals surface area contributed by atoms with Crippen LogP contribution in [0.25, 0.3) is 0 Å². The molecule has 0 N–H and O–H groups in total. The van der Waals surface area contributed by atoms with Gasteiger partial charge in [-0.3, -0.25) is 4.79 Å². The Morgan fingerprint density at radius 3 is 2.57 bits per heavy atom. The molecule has 1 saturated heterocycles. The summed E-state index contributed by atoms with van der Waals surface area (Å²) in [4.78, 5) is 11.6. The maximum absolute atomic E-state index is 11.6. The summed E-state index contributed by atoms with van der Waals surface area (Å²) in [5.74, 6) is 0.420. The number of hydrogen-bond acceptors (Lipinski definition) is 2. The lowest BCUT2D eigenvalue weighted by atomic mass is 9.94. The molecule has 1 heterocycles. The summed E-state index contributed by atoms with van der Waals surface area (Å²) < 4.78 is 5.06. The Labute approximate surface area is 82.9 Å². The van der Waals surface area contributed by atoms with E-state index in [2.05, 4.69) is 31.2 Å². The maximum Gasteiger partial charge on any atom is 0.317 e. The first-order valence-electron chi connectivity index (χ1n) is 4.98. The summed E-state index contributed by atoms with van der Waals surface area (Å²) in [6, 6.07) is 8.24. The molecule has 1 aromatic carbocycles.